The molecule has 0 bridgehead atoms. The molecule has 5 aliphatic rings. The van der Waals surface area contributed by atoms with Crippen molar-refractivity contribution in [2.24, 2.45) is 56.7 Å². The van der Waals surface area contributed by atoms with Crippen molar-refractivity contribution in [1.29, 1.82) is 0 Å². The molecule has 10 nitrogen and oxygen atoms in total. The second-order valence-electron chi connectivity index (χ2n) is 21.8. The zero-order valence-corrected chi connectivity index (χ0v) is 38.9. The number of aromatic nitrogens is 1. The van der Waals surface area contributed by atoms with Crippen LogP contribution < -0.4 is 16.0 Å². The maximum Gasteiger partial charge on any atom is 0.354 e. The van der Waals surface area contributed by atoms with E-state index < -0.39 is 11.4 Å². The number of allylic oxidation sites excluding steroid dienone is 1. The smallest absolute Gasteiger partial charge is 0.354 e. The number of nitrogens with zero attached hydrogens (tertiary/aromatic N) is 1. The van der Waals surface area contributed by atoms with Gasteiger partial charge in [0.1, 0.15) is 0 Å². The number of carboxylic acids is 1. The van der Waals surface area contributed by atoms with E-state index in [1.54, 1.807) is 42.5 Å². The first-order valence-corrected chi connectivity index (χ1v) is 23.9. The Morgan fingerprint density at radius 3 is 2.20 bits per heavy atom. The highest BCUT2D eigenvalue weighted by Crippen LogP contribution is 2.77. The molecule has 10 heteroatoms. The highest BCUT2D eigenvalue weighted by Gasteiger charge is 2.71. The number of nitrogens with one attached hydrogen (secondary N) is 3. The van der Waals surface area contributed by atoms with Gasteiger partial charge in [-0.25, -0.2) is 9.78 Å². The number of hydrogen-bond donors (Lipinski definition) is 5. The number of amides is 3. The van der Waals surface area contributed by atoms with Crippen LogP contribution in [-0.2, 0) is 24.3 Å². The fourth-order valence-electron chi connectivity index (χ4n) is 15.0. The Labute approximate surface area is 379 Å². The van der Waals surface area contributed by atoms with E-state index in [1.807, 2.05) is 18.2 Å². The summed E-state index contributed by atoms with van der Waals surface area (Å²) in [6.07, 6.45) is 12.4. The van der Waals surface area contributed by atoms with Crippen molar-refractivity contribution in [2.75, 3.05) is 6.54 Å². The van der Waals surface area contributed by atoms with E-state index in [2.05, 4.69) is 69.1 Å². The molecular formula is C54H70N4O6. The lowest BCUT2D eigenvalue weighted by molar-refractivity contribution is -0.246. The van der Waals surface area contributed by atoms with E-state index in [4.69, 9.17) is 0 Å². The van der Waals surface area contributed by atoms with Gasteiger partial charge in [-0.15, -0.1) is 0 Å². The van der Waals surface area contributed by atoms with Gasteiger partial charge < -0.3 is 26.2 Å². The summed E-state index contributed by atoms with van der Waals surface area (Å²) in [7, 11) is 0. The van der Waals surface area contributed by atoms with Gasteiger partial charge in [-0.3, -0.25) is 14.4 Å². The van der Waals surface area contributed by atoms with E-state index >= 15 is 0 Å². The second-order valence-corrected chi connectivity index (χ2v) is 21.8. The normalized spacial score (nSPS) is 33.6. The van der Waals surface area contributed by atoms with Crippen LogP contribution in [-0.4, -0.2) is 51.5 Å². The summed E-state index contributed by atoms with van der Waals surface area (Å²) in [5, 5.41) is 29.7. The van der Waals surface area contributed by atoms with Crippen LogP contribution >= 0.6 is 0 Å². The predicted molar refractivity (Wildman–Crippen MR) is 248 cm³/mol. The molecule has 0 spiro atoms. The van der Waals surface area contributed by atoms with Gasteiger partial charge in [0.05, 0.1) is 11.5 Å². The molecule has 3 aromatic rings. The number of aliphatic hydroxyl groups excluding tert-OH is 1. The minimum Gasteiger partial charge on any atom is -0.477 e. The fraction of sp³-hybridized carbons (Fsp3) is 0.574. The van der Waals surface area contributed by atoms with Gasteiger partial charge in [-0.05, 0) is 170 Å². The Balaban J connectivity index is 0.877. The molecule has 10 atom stereocenters. The largest absolute Gasteiger partial charge is 0.477 e. The Morgan fingerprint density at radius 1 is 0.734 bits per heavy atom. The summed E-state index contributed by atoms with van der Waals surface area (Å²) in [6.45, 7) is 20.0. The standard InChI is InChI=1S/C54H70N4O6/c1-33(2)39-19-25-54(27-26-52(6)40(44(39)54)17-18-42-51(5)23-21-43(59)50(3,4)41(51)20-24-53(42,52)7)49(64)56-29-22-34-10-8-11-37(30-34)47(61)57-31-35-13-15-36(16-14-35)46(60)58-32-38-12-9-28-55-45(38)48(62)63/h8-16,28,30,39-44,59H,1,17-27,29,31-32H2,2-7H3,(H,56,64)(H,57,61)(H,58,60)(H,62,63)/t39-,40?,41?,42?,43-,44?,51-,52+,53+,54-/m0/s1. The molecule has 8 rings (SSSR count). The van der Waals surface area contributed by atoms with Crippen LogP contribution in [0.15, 0.2) is 79.0 Å². The maximum absolute atomic E-state index is 14.7. The maximum atomic E-state index is 14.7. The molecular weight excluding hydrogens is 801 g/mol. The van der Waals surface area contributed by atoms with Crippen molar-refractivity contribution in [3.63, 3.8) is 0 Å². The lowest BCUT2D eigenvalue weighted by atomic mass is 9.32. The number of carbonyl (C=O) groups excluding carboxylic acids is 3. The van der Waals surface area contributed by atoms with Crippen LogP contribution in [0.3, 0.4) is 0 Å². The van der Waals surface area contributed by atoms with Crippen molar-refractivity contribution in [3.05, 3.63) is 113 Å². The summed E-state index contributed by atoms with van der Waals surface area (Å²) in [4.78, 5) is 56.2. The zero-order chi connectivity index (χ0) is 45.8. The Morgan fingerprint density at radius 2 is 1.47 bits per heavy atom. The lowest BCUT2D eigenvalue weighted by Gasteiger charge is -2.72. The zero-order valence-electron chi connectivity index (χ0n) is 38.9. The molecule has 1 aromatic heterocycles. The molecule has 64 heavy (non-hydrogen) atoms. The molecule has 1 heterocycles. The van der Waals surface area contributed by atoms with Crippen LogP contribution in [0.25, 0.3) is 0 Å². The molecule has 2 aromatic carbocycles. The number of aromatic carboxylic acids is 1. The number of aliphatic hydroxyl groups is 1. The minimum absolute atomic E-state index is 0.0296. The first-order valence-electron chi connectivity index (χ1n) is 23.9. The van der Waals surface area contributed by atoms with Crippen LogP contribution in [0.1, 0.15) is 154 Å². The second kappa shape index (κ2) is 17.2. The highest BCUT2D eigenvalue weighted by molar-refractivity contribution is 5.95. The summed E-state index contributed by atoms with van der Waals surface area (Å²) in [5.41, 5.74) is 4.36. The molecule has 0 saturated heterocycles. The third-order valence-corrected chi connectivity index (χ3v) is 18.6. The first-order chi connectivity index (χ1) is 30.4. The number of hydrogen-bond acceptors (Lipinski definition) is 6. The van der Waals surface area contributed by atoms with Gasteiger partial charge in [0, 0.05) is 42.5 Å². The Hall–Kier alpha value is -4.83. The van der Waals surface area contributed by atoms with Crippen LogP contribution in [0, 0.1) is 56.7 Å². The van der Waals surface area contributed by atoms with Crippen LogP contribution in [0.2, 0.25) is 0 Å². The number of carboxylic acid groups (broad SMARTS) is 1. The van der Waals surface area contributed by atoms with Gasteiger partial charge in [-0.2, -0.15) is 0 Å². The molecule has 5 fully saturated rings. The number of fused-ring (bicyclic) bond motifs is 7. The van der Waals surface area contributed by atoms with E-state index in [0.717, 1.165) is 56.1 Å². The first kappa shape index (κ1) is 45.7. The van der Waals surface area contributed by atoms with Crippen molar-refractivity contribution in [1.82, 2.24) is 20.9 Å². The van der Waals surface area contributed by atoms with E-state index in [-0.39, 0.29) is 70.2 Å². The van der Waals surface area contributed by atoms with Gasteiger partial charge in [0.2, 0.25) is 5.91 Å². The molecule has 5 N–H and O–H groups in total. The minimum atomic E-state index is -1.15. The molecule has 5 saturated carbocycles. The monoisotopic (exact) mass is 871 g/mol. The number of carbonyl (C=O) groups is 4. The third-order valence-electron chi connectivity index (χ3n) is 18.6. The van der Waals surface area contributed by atoms with Crippen molar-refractivity contribution < 1.29 is 29.4 Å². The van der Waals surface area contributed by atoms with Crippen molar-refractivity contribution in [3.8, 4) is 0 Å². The SMILES string of the molecule is C=C(C)[C@@H]1CC[C@]2(C(=O)NCCc3cccc(C(=O)NCc4ccc(C(=O)NCc5cccnc5C(=O)O)cc4)c3)CC[C@]3(C)C(CCC4[C@@]5(C)CC[C@H](O)C(C)(C)C5CC[C@]43C)C12. The Bertz CT molecular complexity index is 2310. The fourth-order valence-corrected chi connectivity index (χ4v) is 15.0. The van der Waals surface area contributed by atoms with Gasteiger partial charge in [0.25, 0.3) is 11.8 Å². The molecule has 342 valence electrons. The predicted octanol–water partition coefficient (Wildman–Crippen LogP) is 9.32. The summed E-state index contributed by atoms with van der Waals surface area (Å²) < 4.78 is 0. The highest BCUT2D eigenvalue weighted by atomic mass is 16.4. The lowest BCUT2D eigenvalue weighted by Crippen LogP contribution is -2.67. The molecule has 4 unspecified atom stereocenters. The molecule has 3 amide bonds. The number of rotatable bonds is 12. The molecule has 5 aliphatic carbocycles. The van der Waals surface area contributed by atoms with Crippen molar-refractivity contribution in [2.45, 2.75) is 131 Å². The van der Waals surface area contributed by atoms with Crippen LogP contribution in [0.5, 0.6) is 0 Å². The topological polar surface area (TPSA) is 158 Å². The number of pyridine rings is 1. The quantitative estimate of drug-likeness (QED) is 0.114. The van der Waals surface area contributed by atoms with Crippen LogP contribution in [0.4, 0.5) is 0 Å². The Kier molecular flexibility index (Phi) is 12.3. The van der Waals surface area contributed by atoms with E-state index in [0.29, 0.717) is 53.3 Å². The van der Waals surface area contributed by atoms with Gasteiger partial charge >= 0.3 is 5.97 Å². The third kappa shape index (κ3) is 7.69. The molecule has 0 aliphatic heterocycles. The number of benzene rings is 2. The average molecular weight is 871 g/mol. The summed E-state index contributed by atoms with van der Waals surface area (Å²) in [6, 6.07) is 17.7. The summed E-state index contributed by atoms with van der Waals surface area (Å²) in [5.74, 6) is 0.720. The van der Waals surface area contributed by atoms with E-state index in [9.17, 15) is 29.4 Å². The summed E-state index contributed by atoms with van der Waals surface area (Å²) >= 11 is 0. The van der Waals surface area contributed by atoms with Gasteiger partial charge in [0.15, 0.2) is 5.69 Å². The average Bonchev–Trinajstić information content (AvgIpc) is 3.68. The molecule has 0 radical (unpaired) electrons. The van der Waals surface area contributed by atoms with E-state index in [1.165, 1.54) is 31.0 Å². The van der Waals surface area contributed by atoms with Crippen molar-refractivity contribution >= 4 is 23.7 Å². The van der Waals surface area contributed by atoms with Gasteiger partial charge in [-0.1, -0.05) is 77.1 Å².